The first-order valence-electron chi connectivity index (χ1n) is 31.4. The molecule has 0 amide bonds. The van der Waals surface area contributed by atoms with Crippen LogP contribution in [0.25, 0.3) is 0 Å². The van der Waals surface area contributed by atoms with Gasteiger partial charge in [-0.05, 0) is 273 Å². The summed E-state index contributed by atoms with van der Waals surface area (Å²) >= 11 is 0. The van der Waals surface area contributed by atoms with Crippen molar-refractivity contribution in [2.45, 2.75) is 250 Å². The standard InChI is InChI=1S/C25H38.C24H36.C23H34/c1-3-5-7-21-10-14-23(15-11-21)25-18-16-24(17-19-25)22-12-8-20(6-4-2)9-13-22;1-3-5-6-20-9-13-22(14-10-20)24-17-15-23(16-18-24)21-11-7-19(4-2)8-12-21;1-3-4-5-19-8-12-21(13-9-19)23-16-14-22(15-17-23)20-10-6-18(2)7-11-20/h3,8-9,12-13,21,23-25H,1,4-7,10-11,14-19H2,2H3;3,7-8,11-12,20,22-24H,1,4-6,9-10,13-18H2,2H3;3,6-7,10-11,19,21-23H,1,4-5,8-9,12-17H2,2H3. The monoisotopic (exact) mass is 973 g/mol. The Bertz CT molecular complexity index is 1900. The summed E-state index contributed by atoms with van der Waals surface area (Å²) in [6, 6.07) is 28.3. The second-order valence-corrected chi connectivity index (χ2v) is 25.3. The van der Waals surface area contributed by atoms with Gasteiger partial charge >= 0.3 is 0 Å². The molecule has 6 aliphatic carbocycles. The van der Waals surface area contributed by atoms with Gasteiger partial charge in [0.15, 0.2) is 0 Å². The number of benzene rings is 3. The van der Waals surface area contributed by atoms with Gasteiger partial charge in [0, 0.05) is 0 Å². The minimum atomic E-state index is 0.829. The number of hydrogen-bond donors (Lipinski definition) is 0. The molecule has 0 saturated heterocycles. The molecule has 9 rings (SSSR count). The summed E-state index contributed by atoms with van der Waals surface area (Å²) in [5.74, 6) is 11.6. The van der Waals surface area contributed by atoms with E-state index >= 15 is 0 Å². The maximum Gasteiger partial charge on any atom is -0.0162 e. The van der Waals surface area contributed by atoms with Gasteiger partial charge in [0.2, 0.25) is 0 Å². The number of allylic oxidation sites excluding steroid dienone is 3. The third-order valence-electron chi connectivity index (χ3n) is 20.7. The van der Waals surface area contributed by atoms with Crippen LogP contribution in [0.3, 0.4) is 0 Å². The van der Waals surface area contributed by atoms with Crippen LogP contribution in [0.15, 0.2) is 111 Å². The fourth-order valence-corrected chi connectivity index (χ4v) is 15.8. The highest BCUT2D eigenvalue weighted by atomic mass is 14.4. The first-order chi connectivity index (χ1) is 35.4. The normalized spacial score (nSPS) is 30.9. The smallest absolute Gasteiger partial charge is 0.0162 e. The molecule has 0 unspecified atom stereocenters. The minimum absolute atomic E-state index is 0.829. The van der Waals surface area contributed by atoms with Crippen molar-refractivity contribution in [3.8, 4) is 0 Å². The topological polar surface area (TPSA) is 0 Å². The molecule has 3 aromatic carbocycles. The average molecular weight is 974 g/mol. The van der Waals surface area contributed by atoms with Gasteiger partial charge in [-0.3, -0.25) is 0 Å². The van der Waals surface area contributed by atoms with E-state index < -0.39 is 0 Å². The first kappa shape index (κ1) is 56.6. The van der Waals surface area contributed by atoms with Gasteiger partial charge in [-0.15, -0.1) is 19.7 Å². The third kappa shape index (κ3) is 17.7. The lowest BCUT2D eigenvalue weighted by Crippen LogP contribution is -2.25. The lowest BCUT2D eigenvalue weighted by atomic mass is 9.68. The number of rotatable bonds is 18. The zero-order valence-corrected chi connectivity index (χ0v) is 47.0. The van der Waals surface area contributed by atoms with E-state index in [-0.39, 0.29) is 0 Å². The maximum atomic E-state index is 3.88. The van der Waals surface area contributed by atoms with Crippen LogP contribution in [0, 0.1) is 60.2 Å². The van der Waals surface area contributed by atoms with Crippen molar-refractivity contribution in [3.05, 3.63) is 144 Å². The summed E-state index contributed by atoms with van der Waals surface area (Å²) in [6.07, 6.45) is 53.0. The molecule has 0 radical (unpaired) electrons. The summed E-state index contributed by atoms with van der Waals surface area (Å²) in [7, 11) is 0. The second kappa shape index (κ2) is 31.1. The highest BCUT2D eigenvalue weighted by molar-refractivity contribution is 5.27. The molecular formula is C72H108. The Balaban J connectivity index is 0.000000159. The van der Waals surface area contributed by atoms with Crippen LogP contribution < -0.4 is 0 Å². The molecule has 0 aromatic heterocycles. The van der Waals surface area contributed by atoms with E-state index in [1.807, 2.05) is 0 Å². The molecule has 6 saturated carbocycles. The van der Waals surface area contributed by atoms with Gasteiger partial charge in [-0.25, -0.2) is 0 Å². The van der Waals surface area contributed by atoms with Crippen LogP contribution in [0.1, 0.15) is 264 Å². The fraction of sp³-hybridized carbons (Fsp3) is 0.667. The molecule has 396 valence electrons. The second-order valence-electron chi connectivity index (χ2n) is 25.3. The molecule has 6 fully saturated rings. The highest BCUT2D eigenvalue weighted by Crippen LogP contribution is 2.47. The lowest BCUT2D eigenvalue weighted by Gasteiger charge is -2.38. The first-order valence-corrected chi connectivity index (χ1v) is 31.4. The summed E-state index contributed by atoms with van der Waals surface area (Å²) in [5.41, 5.74) is 9.15. The van der Waals surface area contributed by atoms with E-state index in [0.717, 1.165) is 77.4 Å². The van der Waals surface area contributed by atoms with Crippen LogP contribution in [0.4, 0.5) is 0 Å². The van der Waals surface area contributed by atoms with E-state index in [0.29, 0.717) is 0 Å². The van der Waals surface area contributed by atoms with Crippen LogP contribution in [-0.4, -0.2) is 0 Å². The SMILES string of the molecule is C=CCCC1CCC(C2CCC(c3ccc(C)cc3)CC2)CC1.C=CCCC1CCC(C2CCC(c3ccc(CC)cc3)CC2)CC1.C=CCCC1CCC(C2CCC(c3ccc(CCC)cc3)CC2)CC1. The molecule has 72 heavy (non-hydrogen) atoms. The van der Waals surface area contributed by atoms with E-state index in [1.54, 1.807) is 16.7 Å². The Morgan fingerprint density at radius 1 is 0.347 bits per heavy atom. The van der Waals surface area contributed by atoms with Gasteiger partial charge < -0.3 is 0 Å². The van der Waals surface area contributed by atoms with E-state index in [4.69, 9.17) is 0 Å². The van der Waals surface area contributed by atoms with E-state index in [9.17, 15) is 0 Å². The molecule has 6 aliphatic rings. The Labute approximate surface area is 445 Å². The van der Waals surface area contributed by atoms with Crippen molar-refractivity contribution in [1.82, 2.24) is 0 Å². The van der Waals surface area contributed by atoms with Gasteiger partial charge in [-0.2, -0.15) is 0 Å². The quantitative estimate of drug-likeness (QED) is 0.111. The van der Waals surface area contributed by atoms with E-state index in [1.165, 1.54) is 222 Å². The molecular weight excluding hydrogens is 865 g/mol. The van der Waals surface area contributed by atoms with Gasteiger partial charge in [0.25, 0.3) is 0 Å². The van der Waals surface area contributed by atoms with E-state index in [2.05, 4.69) is 132 Å². The molecule has 0 bridgehead atoms. The minimum Gasteiger partial charge on any atom is -0.103 e. The van der Waals surface area contributed by atoms with Crippen molar-refractivity contribution in [2.75, 3.05) is 0 Å². The van der Waals surface area contributed by atoms with Crippen molar-refractivity contribution in [2.24, 2.45) is 53.3 Å². The van der Waals surface area contributed by atoms with Crippen molar-refractivity contribution in [1.29, 1.82) is 0 Å². The van der Waals surface area contributed by atoms with Gasteiger partial charge in [0.05, 0.1) is 0 Å². The third-order valence-corrected chi connectivity index (χ3v) is 20.7. The highest BCUT2D eigenvalue weighted by Gasteiger charge is 2.34. The van der Waals surface area contributed by atoms with Crippen LogP contribution in [-0.2, 0) is 12.8 Å². The molecule has 0 N–H and O–H groups in total. The summed E-state index contributed by atoms with van der Waals surface area (Å²) < 4.78 is 0. The average Bonchev–Trinajstić information content (AvgIpc) is 3.45. The number of hydrogen-bond acceptors (Lipinski definition) is 0. The fourth-order valence-electron chi connectivity index (χ4n) is 15.8. The Morgan fingerprint density at radius 2 is 0.611 bits per heavy atom. The van der Waals surface area contributed by atoms with Crippen LogP contribution >= 0.6 is 0 Å². The van der Waals surface area contributed by atoms with Crippen LogP contribution in [0.2, 0.25) is 0 Å². The van der Waals surface area contributed by atoms with Crippen LogP contribution in [0.5, 0.6) is 0 Å². The predicted molar refractivity (Wildman–Crippen MR) is 316 cm³/mol. The zero-order chi connectivity index (χ0) is 50.3. The maximum absolute atomic E-state index is 3.88. The summed E-state index contributed by atoms with van der Waals surface area (Å²) in [6.45, 7) is 18.3. The molecule has 0 aliphatic heterocycles. The lowest BCUT2D eigenvalue weighted by molar-refractivity contribution is 0.157. The Hall–Kier alpha value is -3.12. The number of aryl methyl sites for hydroxylation is 3. The molecule has 0 heteroatoms. The van der Waals surface area contributed by atoms with Gasteiger partial charge in [-0.1, -0.05) is 155 Å². The van der Waals surface area contributed by atoms with Crippen molar-refractivity contribution >= 4 is 0 Å². The Morgan fingerprint density at radius 3 is 0.875 bits per heavy atom. The molecule has 0 nitrogen and oxygen atoms in total. The molecule has 0 heterocycles. The molecule has 3 aromatic rings. The van der Waals surface area contributed by atoms with Gasteiger partial charge in [0.1, 0.15) is 0 Å². The Kier molecular flexibility index (Phi) is 24.4. The zero-order valence-electron chi connectivity index (χ0n) is 47.0. The van der Waals surface area contributed by atoms with Crippen molar-refractivity contribution in [3.63, 3.8) is 0 Å². The molecule has 0 spiro atoms. The van der Waals surface area contributed by atoms with Crippen molar-refractivity contribution < 1.29 is 0 Å². The summed E-state index contributed by atoms with van der Waals surface area (Å²) in [5, 5.41) is 0. The molecule has 0 atom stereocenters. The predicted octanol–water partition coefficient (Wildman–Crippen LogP) is 22.0. The summed E-state index contributed by atoms with van der Waals surface area (Å²) in [4.78, 5) is 0. The largest absolute Gasteiger partial charge is 0.103 e.